The van der Waals surface area contributed by atoms with Crippen LogP contribution in [0.3, 0.4) is 0 Å². The largest absolute Gasteiger partial charge is 0.383 e. The molecule has 0 bridgehead atoms. The molecule has 6 rings (SSSR count). The van der Waals surface area contributed by atoms with Crippen molar-refractivity contribution in [1.82, 2.24) is 0 Å². The number of nitrogens with zero attached hydrogens (tertiary/aromatic N) is 4. The van der Waals surface area contributed by atoms with Crippen molar-refractivity contribution in [2.75, 3.05) is 23.9 Å². The average Bonchev–Trinajstić information content (AvgIpc) is 3.29. The fourth-order valence-electron chi connectivity index (χ4n) is 5.48. The zero-order valence-electron chi connectivity index (χ0n) is 24.8. The van der Waals surface area contributed by atoms with Gasteiger partial charge in [0.2, 0.25) is 0 Å². The van der Waals surface area contributed by atoms with E-state index >= 15 is 0 Å². The van der Waals surface area contributed by atoms with Crippen LogP contribution in [0, 0.1) is 0 Å². The average molecular weight is 562 g/mol. The van der Waals surface area contributed by atoms with Crippen LogP contribution in [-0.2, 0) is 0 Å². The molecule has 0 spiro atoms. The molecule has 0 amide bonds. The van der Waals surface area contributed by atoms with E-state index in [2.05, 4.69) is 109 Å². The van der Waals surface area contributed by atoms with Gasteiger partial charge in [-0.05, 0) is 35.2 Å². The first kappa shape index (κ1) is 27.7. The van der Waals surface area contributed by atoms with Crippen molar-refractivity contribution in [1.29, 1.82) is 0 Å². The molecule has 1 heterocycles. The number of nitrogens with two attached hydrogens (primary N) is 1. The molecule has 0 radical (unpaired) electrons. The van der Waals surface area contributed by atoms with Gasteiger partial charge in [-0.3, -0.25) is 4.99 Å². The quantitative estimate of drug-likeness (QED) is 0.168. The Balaban J connectivity index is 1.34. The van der Waals surface area contributed by atoms with Gasteiger partial charge in [-0.15, -0.1) is 0 Å². The molecule has 0 aromatic heterocycles. The van der Waals surface area contributed by atoms with Crippen molar-refractivity contribution in [2.45, 2.75) is 13.0 Å². The van der Waals surface area contributed by atoms with Gasteiger partial charge in [0.1, 0.15) is 11.7 Å². The third kappa shape index (κ3) is 5.57. The van der Waals surface area contributed by atoms with E-state index in [1.807, 2.05) is 55.6 Å². The minimum atomic E-state index is -0.0889. The number of aliphatic imine (C=N–C) groups is 2. The molecule has 5 heteroatoms. The van der Waals surface area contributed by atoms with Gasteiger partial charge in [0, 0.05) is 30.8 Å². The van der Waals surface area contributed by atoms with Gasteiger partial charge in [-0.25, -0.2) is 4.99 Å². The Bertz CT molecular complexity index is 1810. The number of rotatable bonds is 6. The summed E-state index contributed by atoms with van der Waals surface area (Å²) in [5, 5.41) is 0. The first-order chi connectivity index (χ1) is 20.9. The Labute approximate surface area is 254 Å². The van der Waals surface area contributed by atoms with Gasteiger partial charge in [-0.1, -0.05) is 128 Å². The lowest BCUT2D eigenvalue weighted by Crippen LogP contribution is -2.20. The maximum absolute atomic E-state index is 6.65. The van der Waals surface area contributed by atoms with Gasteiger partial charge in [0.25, 0.3) is 0 Å². The number of hydrogen-bond donors (Lipinski definition) is 1. The molecular weight excluding hydrogens is 526 g/mol. The van der Waals surface area contributed by atoms with Crippen LogP contribution in [0.15, 0.2) is 150 Å². The fourth-order valence-corrected chi connectivity index (χ4v) is 5.48. The summed E-state index contributed by atoms with van der Waals surface area (Å²) in [6, 6.07) is 43.4. The van der Waals surface area contributed by atoms with E-state index < -0.39 is 0 Å². The highest BCUT2D eigenvalue weighted by atomic mass is 15.4. The second kappa shape index (κ2) is 11.8. The van der Waals surface area contributed by atoms with E-state index in [1.54, 1.807) is 0 Å². The Morgan fingerprint density at radius 1 is 0.651 bits per heavy atom. The second-order valence-corrected chi connectivity index (χ2v) is 10.8. The number of amidine groups is 2. The molecule has 0 aliphatic carbocycles. The molecule has 1 atom stereocenters. The summed E-state index contributed by atoms with van der Waals surface area (Å²) in [4.78, 5) is 14.2. The fraction of sp³-hybridized carbons (Fsp3) is 0.105. The number of hydrogen-bond acceptors (Lipinski definition) is 3. The van der Waals surface area contributed by atoms with Gasteiger partial charge < -0.3 is 15.5 Å². The highest BCUT2D eigenvalue weighted by molar-refractivity contribution is 6.11. The van der Waals surface area contributed by atoms with E-state index in [4.69, 9.17) is 15.7 Å². The second-order valence-electron chi connectivity index (χ2n) is 10.8. The smallest absolute Gasteiger partial charge is 0.157 e. The molecule has 1 aliphatic heterocycles. The molecule has 0 saturated heterocycles. The topological polar surface area (TPSA) is 57.2 Å². The van der Waals surface area contributed by atoms with Crippen molar-refractivity contribution < 1.29 is 0 Å². The highest BCUT2D eigenvalue weighted by Crippen LogP contribution is 2.45. The molecule has 5 nitrogen and oxygen atoms in total. The van der Waals surface area contributed by atoms with Gasteiger partial charge >= 0.3 is 0 Å². The summed E-state index contributed by atoms with van der Waals surface area (Å²) < 4.78 is 0. The summed E-state index contributed by atoms with van der Waals surface area (Å²) >= 11 is 0. The van der Waals surface area contributed by atoms with Crippen LogP contribution >= 0.6 is 0 Å². The Hall–Kier alpha value is -5.42. The summed E-state index contributed by atoms with van der Waals surface area (Å²) in [7, 11) is 4.10. The lowest BCUT2D eigenvalue weighted by Gasteiger charge is -2.17. The van der Waals surface area contributed by atoms with E-state index in [0.29, 0.717) is 11.7 Å². The number of para-hydroxylation sites is 1. The SMILES string of the molecule is C=C1N(C)c2cccc(-c3ccc(C(N)=NC(=NC(C)c4ccccc4)c4ccc(-c5ccccc5)cc4)cc3)c2N1C. The van der Waals surface area contributed by atoms with Crippen LogP contribution < -0.4 is 15.5 Å². The first-order valence-electron chi connectivity index (χ1n) is 14.4. The molecule has 0 fully saturated rings. The van der Waals surface area contributed by atoms with Crippen LogP contribution in [0.2, 0.25) is 0 Å². The molecule has 1 unspecified atom stereocenters. The van der Waals surface area contributed by atoms with E-state index in [0.717, 1.165) is 50.6 Å². The van der Waals surface area contributed by atoms with Crippen molar-refractivity contribution in [3.05, 3.63) is 156 Å². The maximum Gasteiger partial charge on any atom is 0.157 e. The normalized spacial score (nSPS) is 14.2. The van der Waals surface area contributed by atoms with Crippen LogP contribution in [0.25, 0.3) is 22.3 Å². The van der Waals surface area contributed by atoms with Gasteiger partial charge in [0.15, 0.2) is 5.84 Å². The van der Waals surface area contributed by atoms with Crippen LogP contribution in [0.4, 0.5) is 11.4 Å². The molecule has 1 aliphatic rings. The predicted molar refractivity (Wildman–Crippen MR) is 182 cm³/mol. The van der Waals surface area contributed by atoms with Crippen molar-refractivity contribution in [3.63, 3.8) is 0 Å². The van der Waals surface area contributed by atoms with E-state index in [-0.39, 0.29) is 6.04 Å². The van der Waals surface area contributed by atoms with Crippen molar-refractivity contribution >= 4 is 23.0 Å². The van der Waals surface area contributed by atoms with Crippen LogP contribution in [-0.4, -0.2) is 25.8 Å². The maximum atomic E-state index is 6.65. The molecule has 212 valence electrons. The minimum absolute atomic E-state index is 0.0889. The number of benzene rings is 5. The summed E-state index contributed by atoms with van der Waals surface area (Å²) in [5.41, 5.74) is 16.4. The van der Waals surface area contributed by atoms with Gasteiger partial charge in [-0.2, -0.15) is 0 Å². The van der Waals surface area contributed by atoms with Crippen LogP contribution in [0.5, 0.6) is 0 Å². The Kier molecular flexibility index (Phi) is 7.63. The number of fused-ring (bicyclic) bond motifs is 1. The van der Waals surface area contributed by atoms with E-state index in [9.17, 15) is 0 Å². The standard InChI is InChI=1S/C38H35N5/c1-26(28-12-7-5-8-13-28)40-38(33-24-18-30(19-25-33)29-14-9-6-10-15-29)41-37(39)32-22-20-31(21-23-32)34-16-11-17-35-36(34)43(4)27(2)42(35)3/h5-26H,2H2,1,3-4H3,(H2,39,40,41). The Morgan fingerprint density at radius 2 is 1.23 bits per heavy atom. The summed E-state index contributed by atoms with van der Waals surface area (Å²) in [5.74, 6) is 1.96. The lowest BCUT2D eigenvalue weighted by molar-refractivity contribution is 0.818. The molecule has 0 saturated carbocycles. The van der Waals surface area contributed by atoms with E-state index in [1.165, 1.54) is 5.56 Å². The van der Waals surface area contributed by atoms with Crippen molar-refractivity contribution in [2.24, 2.45) is 15.7 Å². The molecule has 43 heavy (non-hydrogen) atoms. The van der Waals surface area contributed by atoms with Crippen molar-refractivity contribution in [3.8, 4) is 22.3 Å². The highest BCUT2D eigenvalue weighted by Gasteiger charge is 2.27. The summed E-state index contributed by atoms with van der Waals surface area (Å²) in [6.45, 7) is 6.30. The lowest BCUT2D eigenvalue weighted by atomic mass is 10.0. The Morgan fingerprint density at radius 3 is 1.91 bits per heavy atom. The molecule has 5 aromatic rings. The van der Waals surface area contributed by atoms with Gasteiger partial charge in [0.05, 0.1) is 17.4 Å². The zero-order valence-corrected chi connectivity index (χ0v) is 24.8. The molecular formula is C38H35N5. The third-order valence-corrected chi connectivity index (χ3v) is 8.05. The third-order valence-electron chi connectivity index (χ3n) is 8.05. The monoisotopic (exact) mass is 561 g/mol. The summed E-state index contributed by atoms with van der Waals surface area (Å²) in [6.07, 6.45) is 0. The first-order valence-corrected chi connectivity index (χ1v) is 14.4. The molecule has 5 aromatic carbocycles. The molecule has 2 N–H and O–H groups in total. The zero-order chi connectivity index (χ0) is 29.9. The minimum Gasteiger partial charge on any atom is -0.383 e. The number of anilines is 2. The van der Waals surface area contributed by atoms with Crippen LogP contribution in [0.1, 0.15) is 29.7 Å². The predicted octanol–water partition coefficient (Wildman–Crippen LogP) is 8.29.